The molecule has 0 aromatic carbocycles. The van der Waals surface area contributed by atoms with Crippen molar-refractivity contribution in [3.8, 4) is 0 Å². The monoisotopic (exact) mass is 343 g/mol. The third-order valence-corrected chi connectivity index (χ3v) is 4.22. The van der Waals surface area contributed by atoms with Gasteiger partial charge in [0, 0.05) is 30.9 Å². The molecule has 2 N–H and O–H groups in total. The second-order valence-electron chi connectivity index (χ2n) is 5.22. The van der Waals surface area contributed by atoms with E-state index in [2.05, 4.69) is 31.1 Å². The van der Waals surface area contributed by atoms with Crippen LogP contribution in [0.15, 0.2) is 16.7 Å². The molecule has 1 aromatic rings. The summed E-state index contributed by atoms with van der Waals surface area (Å²) in [6.45, 7) is 4.75. The number of amides is 1. The smallest absolute Gasteiger partial charge is 0.267 e. The van der Waals surface area contributed by atoms with Crippen LogP contribution >= 0.6 is 15.9 Å². The molecule has 1 aliphatic heterocycles. The van der Waals surface area contributed by atoms with Gasteiger partial charge >= 0.3 is 0 Å². The van der Waals surface area contributed by atoms with E-state index in [1.165, 1.54) is 0 Å². The standard InChI is InChI=1S/C14H22BrN3O2/c1-20-7-6-18-4-2-11(3-5-18)9-17-14(19)13-8-12(15)10-16-13/h8,10-11,16H,2-7,9H2,1H3,(H,17,19). The first-order chi connectivity index (χ1) is 9.69. The molecular formula is C14H22BrN3O2. The number of carbonyl (C=O) groups excluding carboxylic acids is 1. The summed E-state index contributed by atoms with van der Waals surface area (Å²) in [5.74, 6) is 0.550. The number of nitrogens with one attached hydrogen (secondary N) is 2. The van der Waals surface area contributed by atoms with Crippen LogP contribution < -0.4 is 5.32 Å². The summed E-state index contributed by atoms with van der Waals surface area (Å²) < 4.78 is 5.99. The Morgan fingerprint density at radius 1 is 1.55 bits per heavy atom. The second kappa shape index (κ2) is 7.81. The first-order valence-electron chi connectivity index (χ1n) is 7.02. The van der Waals surface area contributed by atoms with Gasteiger partial charge in [-0.05, 0) is 53.8 Å². The van der Waals surface area contributed by atoms with Crippen molar-refractivity contribution < 1.29 is 9.53 Å². The number of likely N-dealkylation sites (tertiary alicyclic amines) is 1. The van der Waals surface area contributed by atoms with Gasteiger partial charge in [-0.1, -0.05) is 0 Å². The molecule has 0 saturated carbocycles. The van der Waals surface area contributed by atoms with Crippen molar-refractivity contribution in [3.63, 3.8) is 0 Å². The van der Waals surface area contributed by atoms with Crippen LogP contribution in [0.4, 0.5) is 0 Å². The summed E-state index contributed by atoms with van der Waals surface area (Å²) >= 11 is 3.33. The molecule has 0 bridgehead atoms. The van der Waals surface area contributed by atoms with Gasteiger partial charge in [0.25, 0.3) is 5.91 Å². The van der Waals surface area contributed by atoms with E-state index >= 15 is 0 Å². The number of aromatic amines is 1. The fourth-order valence-corrected chi connectivity index (χ4v) is 2.81. The highest BCUT2D eigenvalue weighted by molar-refractivity contribution is 9.10. The maximum absolute atomic E-state index is 11.9. The summed E-state index contributed by atoms with van der Waals surface area (Å²) in [6.07, 6.45) is 4.04. The summed E-state index contributed by atoms with van der Waals surface area (Å²) in [5.41, 5.74) is 0.606. The minimum atomic E-state index is -0.0301. The predicted molar refractivity (Wildman–Crippen MR) is 81.9 cm³/mol. The SMILES string of the molecule is COCCN1CCC(CNC(=O)c2cc(Br)c[nH]2)CC1. The zero-order valence-electron chi connectivity index (χ0n) is 11.8. The first-order valence-corrected chi connectivity index (χ1v) is 7.81. The average molecular weight is 344 g/mol. The van der Waals surface area contributed by atoms with Crippen LogP contribution in [0.3, 0.4) is 0 Å². The molecule has 0 atom stereocenters. The van der Waals surface area contributed by atoms with Crippen molar-refractivity contribution >= 4 is 21.8 Å². The van der Waals surface area contributed by atoms with Gasteiger partial charge in [-0.3, -0.25) is 4.79 Å². The predicted octanol–water partition coefficient (Wildman–Crippen LogP) is 1.87. The number of halogens is 1. The molecule has 0 radical (unpaired) electrons. The Morgan fingerprint density at radius 3 is 2.90 bits per heavy atom. The summed E-state index contributed by atoms with van der Waals surface area (Å²) in [4.78, 5) is 17.3. The topological polar surface area (TPSA) is 57.4 Å². The third-order valence-electron chi connectivity index (χ3n) is 3.76. The third kappa shape index (κ3) is 4.61. The molecule has 6 heteroatoms. The maximum atomic E-state index is 11.9. The molecule has 2 heterocycles. The average Bonchev–Trinajstić information content (AvgIpc) is 2.90. The molecule has 1 aliphatic rings. The van der Waals surface area contributed by atoms with Gasteiger partial charge in [-0.25, -0.2) is 0 Å². The number of hydrogen-bond donors (Lipinski definition) is 2. The molecular weight excluding hydrogens is 322 g/mol. The number of rotatable bonds is 6. The zero-order valence-corrected chi connectivity index (χ0v) is 13.4. The fourth-order valence-electron chi connectivity index (χ4n) is 2.47. The van der Waals surface area contributed by atoms with Crippen molar-refractivity contribution in [1.82, 2.24) is 15.2 Å². The number of ether oxygens (including phenoxy) is 1. The minimum absolute atomic E-state index is 0.0301. The first kappa shape index (κ1) is 15.5. The van der Waals surface area contributed by atoms with E-state index in [1.807, 2.05) is 0 Å². The van der Waals surface area contributed by atoms with Crippen LogP contribution in [0.25, 0.3) is 0 Å². The van der Waals surface area contributed by atoms with E-state index in [0.29, 0.717) is 11.6 Å². The highest BCUT2D eigenvalue weighted by atomic mass is 79.9. The van der Waals surface area contributed by atoms with Gasteiger partial charge in [-0.2, -0.15) is 0 Å². The van der Waals surface area contributed by atoms with Crippen molar-refractivity contribution in [2.45, 2.75) is 12.8 Å². The Bertz CT molecular complexity index is 428. The molecule has 1 aromatic heterocycles. The minimum Gasteiger partial charge on any atom is -0.383 e. The van der Waals surface area contributed by atoms with E-state index in [0.717, 1.165) is 50.1 Å². The van der Waals surface area contributed by atoms with E-state index in [-0.39, 0.29) is 5.91 Å². The second-order valence-corrected chi connectivity index (χ2v) is 6.14. The van der Waals surface area contributed by atoms with Crippen LogP contribution in [-0.4, -0.2) is 55.7 Å². The fraction of sp³-hybridized carbons (Fsp3) is 0.643. The molecule has 2 rings (SSSR count). The van der Waals surface area contributed by atoms with E-state index < -0.39 is 0 Å². The lowest BCUT2D eigenvalue weighted by molar-refractivity contribution is 0.0922. The van der Waals surface area contributed by atoms with Crippen LogP contribution in [-0.2, 0) is 4.74 Å². The Labute approximate surface area is 128 Å². The van der Waals surface area contributed by atoms with Crippen LogP contribution in [0, 0.1) is 5.92 Å². The molecule has 20 heavy (non-hydrogen) atoms. The lowest BCUT2D eigenvalue weighted by Gasteiger charge is -2.31. The van der Waals surface area contributed by atoms with Crippen molar-refractivity contribution in [3.05, 3.63) is 22.4 Å². The lowest BCUT2D eigenvalue weighted by atomic mass is 9.97. The Hall–Kier alpha value is -0.850. The zero-order chi connectivity index (χ0) is 14.4. The van der Waals surface area contributed by atoms with Gasteiger partial charge in [-0.15, -0.1) is 0 Å². The van der Waals surface area contributed by atoms with Gasteiger partial charge < -0.3 is 19.9 Å². The van der Waals surface area contributed by atoms with E-state index in [4.69, 9.17) is 4.74 Å². The molecule has 0 spiro atoms. The number of nitrogens with zero attached hydrogens (tertiary/aromatic N) is 1. The summed E-state index contributed by atoms with van der Waals surface area (Å²) in [7, 11) is 1.74. The van der Waals surface area contributed by atoms with E-state index in [9.17, 15) is 4.79 Å². The number of carbonyl (C=O) groups is 1. The maximum Gasteiger partial charge on any atom is 0.267 e. The van der Waals surface area contributed by atoms with Crippen LogP contribution in [0.2, 0.25) is 0 Å². The van der Waals surface area contributed by atoms with Crippen molar-refractivity contribution in [1.29, 1.82) is 0 Å². The Morgan fingerprint density at radius 2 is 2.30 bits per heavy atom. The largest absolute Gasteiger partial charge is 0.383 e. The summed E-state index contributed by atoms with van der Waals surface area (Å²) in [6, 6.07) is 1.79. The van der Waals surface area contributed by atoms with Crippen molar-refractivity contribution in [2.75, 3.05) is 39.9 Å². The normalized spacial score (nSPS) is 17.3. The number of methoxy groups -OCH3 is 1. The van der Waals surface area contributed by atoms with Gasteiger partial charge in [0.1, 0.15) is 5.69 Å². The number of H-pyrrole nitrogens is 1. The Balaban J connectivity index is 1.67. The van der Waals surface area contributed by atoms with Gasteiger partial charge in [0.05, 0.1) is 6.61 Å². The Kier molecular flexibility index (Phi) is 6.06. The quantitative estimate of drug-likeness (QED) is 0.828. The van der Waals surface area contributed by atoms with Crippen LogP contribution in [0.1, 0.15) is 23.3 Å². The molecule has 0 unspecified atom stereocenters. The summed E-state index contributed by atoms with van der Waals surface area (Å²) in [5, 5.41) is 3.01. The molecule has 5 nitrogen and oxygen atoms in total. The molecule has 112 valence electrons. The highest BCUT2D eigenvalue weighted by Gasteiger charge is 2.19. The molecule has 1 amide bonds. The van der Waals surface area contributed by atoms with Crippen molar-refractivity contribution in [2.24, 2.45) is 5.92 Å². The van der Waals surface area contributed by atoms with Crippen LogP contribution in [0.5, 0.6) is 0 Å². The number of aromatic nitrogens is 1. The lowest BCUT2D eigenvalue weighted by Crippen LogP contribution is -2.39. The van der Waals surface area contributed by atoms with Gasteiger partial charge in [0.15, 0.2) is 0 Å². The number of piperidine rings is 1. The molecule has 1 fully saturated rings. The molecule has 0 aliphatic carbocycles. The van der Waals surface area contributed by atoms with E-state index in [1.54, 1.807) is 19.4 Å². The molecule has 1 saturated heterocycles. The highest BCUT2D eigenvalue weighted by Crippen LogP contribution is 2.16. The van der Waals surface area contributed by atoms with Gasteiger partial charge in [0.2, 0.25) is 0 Å². The number of hydrogen-bond acceptors (Lipinski definition) is 3.